The van der Waals surface area contributed by atoms with E-state index >= 15 is 0 Å². The molecule has 0 aromatic carbocycles. The van der Waals surface area contributed by atoms with Crippen molar-refractivity contribution in [2.75, 3.05) is 13.7 Å². The summed E-state index contributed by atoms with van der Waals surface area (Å²) in [5, 5.41) is 2.73. The molecular formula is C15H19N3O3. The fourth-order valence-electron chi connectivity index (χ4n) is 3.37. The number of carbonyl (C=O) groups excluding carboxylic acids is 2. The standard InChI is InChI=1S/C15H19N3O3/c1-21-13-11(5-4-8-16-13)10-18-12(19)9-17-14(20)15(18)6-2-3-7-15/h4-5,8H,2-3,6-7,9-10H2,1H3,(H,17,20). The van der Waals surface area contributed by atoms with E-state index in [-0.39, 0.29) is 18.4 Å². The smallest absolute Gasteiger partial charge is 0.246 e. The number of aromatic nitrogens is 1. The minimum absolute atomic E-state index is 0.0255. The summed E-state index contributed by atoms with van der Waals surface area (Å²) in [7, 11) is 1.56. The summed E-state index contributed by atoms with van der Waals surface area (Å²) in [5.74, 6) is 0.439. The largest absolute Gasteiger partial charge is 0.481 e. The number of carbonyl (C=O) groups is 2. The van der Waals surface area contributed by atoms with Crippen molar-refractivity contribution in [3.8, 4) is 5.88 Å². The van der Waals surface area contributed by atoms with E-state index in [1.54, 1.807) is 18.2 Å². The number of rotatable bonds is 3. The molecule has 0 atom stereocenters. The van der Waals surface area contributed by atoms with Crippen LogP contribution in [0.1, 0.15) is 31.2 Å². The Morgan fingerprint density at radius 2 is 2.14 bits per heavy atom. The van der Waals surface area contributed by atoms with Crippen molar-refractivity contribution in [1.82, 2.24) is 15.2 Å². The van der Waals surface area contributed by atoms with Crippen LogP contribution in [-0.4, -0.2) is 40.9 Å². The third-order valence-electron chi connectivity index (χ3n) is 4.44. The zero-order valence-electron chi connectivity index (χ0n) is 12.1. The molecule has 6 nitrogen and oxygen atoms in total. The van der Waals surface area contributed by atoms with Crippen molar-refractivity contribution < 1.29 is 14.3 Å². The lowest BCUT2D eigenvalue weighted by molar-refractivity contribution is -0.154. The van der Waals surface area contributed by atoms with Crippen LogP contribution in [0, 0.1) is 0 Å². The van der Waals surface area contributed by atoms with E-state index in [0.717, 1.165) is 31.2 Å². The minimum atomic E-state index is -0.684. The zero-order chi connectivity index (χ0) is 14.9. The van der Waals surface area contributed by atoms with Gasteiger partial charge in [-0.15, -0.1) is 0 Å². The molecule has 1 spiro atoms. The summed E-state index contributed by atoms with van der Waals surface area (Å²) in [6.07, 6.45) is 5.06. The zero-order valence-corrected chi connectivity index (χ0v) is 12.1. The molecule has 1 aromatic rings. The number of nitrogens with zero attached hydrogens (tertiary/aromatic N) is 2. The quantitative estimate of drug-likeness (QED) is 0.896. The Kier molecular flexibility index (Phi) is 3.53. The van der Waals surface area contributed by atoms with Gasteiger partial charge in [-0.2, -0.15) is 0 Å². The number of methoxy groups -OCH3 is 1. The van der Waals surface area contributed by atoms with Crippen molar-refractivity contribution in [3.05, 3.63) is 23.9 Å². The Balaban J connectivity index is 1.94. The third kappa shape index (κ3) is 2.24. The number of hydrogen-bond donors (Lipinski definition) is 1. The molecule has 1 saturated heterocycles. The van der Waals surface area contributed by atoms with Crippen LogP contribution in [0.2, 0.25) is 0 Å². The summed E-state index contributed by atoms with van der Waals surface area (Å²) < 4.78 is 5.25. The van der Waals surface area contributed by atoms with Gasteiger partial charge >= 0.3 is 0 Å². The summed E-state index contributed by atoms with van der Waals surface area (Å²) in [6.45, 7) is 0.437. The Morgan fingerprint density at radius 1 is 1.38 bits per heavy atom. The van der Waals surface area contributed by atoms with Crippen LogP contribution in [0.5, 0.6) is 5.88 Å². The SMILES string of the molecule is COc1ncccc1CN1C(=O)CNC(=O)C12CCCC2. The molecule has 1 saturated carbocycles. The van der Waals surface area contributed by atoms with E-state index in [0.29, 0.717) is 12.4 Å². The van der Waals surface area contributed by atoms with Gasteiger partial charge < -0.3 is 15.0 Å². The first-order chi connectivity index (χ1) is 10.2. The van der Waals surface area contributed by atoms with Gasteiger partial charge in [-0.25, -0.2) is 4.98 Å². The highest BCUT2D eigenvalue weighted by atomic mass is 16.5. The minimum Gasteiger partial charge on any atom is -0.481 e. The van der Waals surface area contributed by atoms with Gasteiger partial charge in [0.25, 0.3) is 0 Å². The normalized spacial score (nSPS) is 20.7. The summed E-state index contributed by atoms with van der Waals surface area (Å²) in [5.41, 5.74) is 0.144. The van der Waals surface area contributed by atoms with Gasteiger partial charge in [0.2, 0.25) is 17.7 Å². The molecule has 21 heavy (non-hydrogen) atoms. The summed E-state index contributed by atoms with van der Waals surface area (Å²) >= 11 is 0. The molecule has 112 valence electrons. The maximum absolute atomic E-state index is 12.4. The van der Waals surface area contributed by atoms with Crippen molar-refractivity contribution in [1.29, 1.82) is 0 Å². The fraction of sp³-hybridized carbons (Fsp3) is 0.533. The Bertz CT molecular complexity index is 567. The van der Waals surface area contributed by atoms with Crippen molar-refractivity contribution in [3.63, 3.8) is 0 Å². The van der Waals surface area contributed by atoms with Gasteiger partial charge in [0.1, 0.15) is 5.54 Å². The third-order valence-corrected chi connectivity index (χ3v) is 4.44. The number of piperazine rings is 1. The lowest BCUT2D eigenvalue weighted by Crippen LogP contribution is -2.65. The number of ether oxygens (including phenoxy) is 1. The van der Waals surface area contributed by atoms with Crippen LogP contribution >= 0.6 is 0 Å². The average Bonchev–Trinajstić information content (AvgIpc) is 2.99. The predicted octanol–water partition coefficient (Wildman–Crippen LogP) is 0.861. The number of amides is 2. The van der Waals surface area contributed by atoms with Crippen LogP contribution in [0.15, 0.2) is 18.3 Å². The molecule has 3 rings (SSSR count). The molecular weight excluding hydrogens is 270 g/mol. The van der Waals surface area contributed by atoms with E-state index in [1.807, 2.05) is 12.1 Å². The monoisotopic (exact) mass is 289 g/mol. The second-order valence-corrected chi connectivity index (χ2v) is 5.57. The molecule has 0 unspecified atom stereocenters. The van der Waals surface area contributed by atoms with Crippen LogP contribution in [0.25, 0.3) is 0 Å². The van der Waals surface area contributed by atoms with Crippen LogP contribution < -0.4 is 10.1 Å². The highest BCUT2D eigenvalue weighted by molar-refractivity contribution is 5.98. The Labute approximate surface area is 123 Å². The van der Waals surface area contributed by atoms with Crippen LogP contribution in [-0.2, 0) is 16.1 Å². The topological polar surface area (TPSA) is 71.5 Å². The first-order valence-corrected chi connectivity index (χ1v) is 7.24. The number of hydrogen-bond acceptors (Lipinski definition) is 4. The van der Waals surface area contributed by atoms with Crippen molar-refractivity contribution >= 4 is 11.8 Å². The molecule has 1 aliphatic carbocycles. The van der Waals surface area contributed by atoms with Gasteiger partial charge in [0.15, 0.2) is 0 Å². The van der Waals surface area contributed by atoms with E-state index in [4.69, 9.17) is 4.74 Å². The molecule has 2 aliphatic rings. The second-order valence-electron chi connectivity index (χ2n) is 5.57. The first kappa shape index (κ1) is 13.9. The lowest BCUT2D eigenvalue weighted by atomic mass is 9.91. The van der Waals surface area contributed by atoms with Gasteiger partial charge in [-0.05, 0) is 18.9 Å². The highest BCUT2D eigenvalue weighted by Gasteiger charge is 2.50. The molecule has 6 heteroatoms. The highest BCUT2D eigenvalue weighted by Crippen LogP contribution is 2.38. The number of pyridine rings is 1. The first-order valence-electron chi connectivity index (χ1n) is 7.24. The Hall–Kier alpha value is -2.11. The van der Waals surface area contributed by atoms with Crippen molar-refractivity contribution in [2.24, 2.45) is 0 Å². The van der Waals surface area contributed by atoms with E-state index in [2.05, 4.69) is 10.3 Å². The van der Waals surface area contributed by atoms with Gasteiger partial charge in [0.05, 0.1) is 20.2 Å². The van der Waals surface area contributed by atoms with Gasteiger partial charge in [-0.3, -0.25) is 9.59 Å². The molecule has 1 N–H and O–H groups in total. The van der Waals surface area contributed by atoms with Crippen molar-refractivity contribution in [2.45, 2.75) is 37.8 Å². The molecule has 1 aliphatic heterocycles. The average molecular weight is 289 g/mol. The molecule has 1 aromatic heterocycles. The predicted molar refractivity (Wildman–Crippen MR) is 75.5 cm³/mol. The summed E-state index contributed by atoms with van der Waals surface area (Å²) in [4.78, 5) is 30.6. The maximum Gasteiger partial charge on any atom is 0.246 e. The maximum atomic E-state index is 12.4. The second kappa shape index (κ2) is 5.35. The van der Waals surface area contributed by atoms with Gasteiger partial charge in [0, 0.05) is 11.8 Å². The molecule has 2 heterocycles. The van der Waals surface area contributed by atoms with Gasteiger partial charge in [-0.1, -0.05) is 18.9 Å². The van der Waals surface area contributed by atoms with E-state index in [9.17, 15) is 9.59 Å². The van der Waals surface area contributed by atoms with Crippen LogP contribution in [0.3, 0.4) is 0 Å². The number of nitrogens with one attached hydrogen (secondary N) is 1. The lowest BCUT2D eigenvalue weighted by Gasteiger charge is -2.43. The van der Waals surface area contributed by atoms with E-state index in [1.165, 1.54) is 0 Å². The van der Waals surface area contributed by atoms with E-state index < -0.39 is 5.54 Å². The molecule has 2 fully saturated rings. The molecule has 0 radical (unpaired) electrons. The summed E-state index contributed by atoms with van der Waals surface area (Å²) in [6, 6.07) is 3.70. The van der Waals surface area contributed by atoms with Crippen LogP contribution in [0.4, 0.5) is 0 Å². The fourth-order valence-corrected chi connectivity index (χ4v) is 3.37. The molecule has 0 bridgehead atoms. The Morgan fingerprint density at radius 3 is 2.86 bits per heavy atom. The molecule has 2 amide bonds.